The lowest BCUT2D eigenvalue weighted by Crippen LogP contribution is -2.54. The molecule has 1 fully saturated rings. The van der Waals surface area contributed by atoms with Gasteiger partial charge in [0, 0.05) is 0 Å². The van der Waals surface area contributed by atoms with Crippen LogP contribution in [0.15, 0.2) is 48.0 Å². The summed E-state index contributed by atoms with van der Waals surface area (Å²) in [6.07, 6.45) is 1.38. The molecule has 0 aromatic heterocycles. The number of carbonyl (C=O) groups is 3. The predicted molar refractivity (Wildman–Crippen MR) is 107 cm³/mol. The van der Waals surface area contributed by atoms with Crippen LogP contribution in [0.1, 0.15) is 12.5 Å². The maximum atomic E-state index is 12.9. The van der Waals surface area contributed by atoms with Crippen LogP contribution in [-0.4, -0.2) is 29.6 Å². The molecule has 1 saturated heterocycles. The summed E-state index contributed by atoms with van der Waals surface area (Å²) < 4.78 is 6.06. The highest BCUT2D eigenvalue weighted by molar-refractivity contribution is 14.1. The first kappa shape index (κ1) is 18.9. The van der Waals surface area contributed by atoms with E-state index in [-0.39, 0.29) is 17.0 Å². The number of nitrogens with one attached hydrogen (secondary N) is 1. The standard InChI is InChI=1S/C19H15IN2O5/c1-2-27-16-6-4-3-5-14(16)22-18(25)12(17(24)21-19(22)26)9-11-7-8-15(23)13(20)10-11/h3-10,23H,2H2,1H3,(H,21,24,26)/b12-9+. The van der Waals surface area contributed by atoms with Gasteiger partial charge in [-0.25, -0.2) is 9.69 Å². The molecule has 7 nitrogen and oxygen atoms in total. The minimum Gasteiger partial charge on any atom is -0.507 e. The van der Waals surface area contributed by atoms with Crippen molar-refractivity contribution in [2.75, 3.05) is 11.5 Å². The van der Waals surface area contributed by atoms with Gasteiger partial charge in [-0.05, 0) is 65.4 Å². The summed E-state index contributed by atoms with van der Waals surface area (Å²) >= 11 is 1.94. The summed E-state index contributed by atoms with van der Waals surface area (Å²) in [6, 6.07) is 10.4. The number of amides is 4. The Morgan fingerprint density at radius 2 is 1.93 bits per heavy atom. The third kappa shape index (κ3) is 3.80. The second kappa shape index (κ2) is 7.78. The molecule has 0 atom stereocenters. The SMILES string of the molecule is CCOc1ccccc1N1C(=O)NC(=O)/C(=C\c2ccc(O)c(I)c2)C1=O. The van der Waals surface area contributed by atoms with Crippen LogP contribution in [0.3, 0.4) is 0 Å². The molecule has 8 heteroatoms. The van der Waals surface area contributed by atoms with E-state index in [2.05, 4.69) is 5.32 Å². The third-order valence-corrected chi connectivity index (χ3v) is 4.65. The zero-order chi connectivity index (χ0) is 19.6. The highest BCUT2D eigenvalue weighted by atomic mass is 127. The molecular weight excluding hydrogens is 463 g/mol. The van der Waals surface area contributed by atoms with Crippen molar-refractivity contribution in [3.05, 3.63) is 57.2 Å². The van der Waals surface area contributed by atoms with Crippen LogP contribution in [0.25, 0.3) is 6.08 Å². The molecule has 0 aliphatic carbocycles. The van der Waals surface area contributed by atoms with E-state index in [4.69, 9.17) is 4.74 Å². The predicted octanol–water partition coefficient (Wildman–Crippen LogP) is 3.06. The zero-order valence-electron chi connectivity index (χ0n) is 14.2. The number of hydrogen-bond acceptors (Lipinski definition) is 5. The molecule has 0 unspecified atom stereocenters. The summed E-state index contributed by atoms with van der Waals surface area (Å²) in [5.41, 5.74) is 0.603. The smallest absolute Gasteiger partial charge is 0.336 e. The van der Waals surface area contributed by atoms with Crippen molar-refractivity contribution in [2.45, 2.75) is 6.92 Å². The van der Waals surface area contributed by atoms with Gasteiger partial charge < -0.3 is 9.84 Å². The van der Waals surface area contributed by atoms with Gasteiger partial charge in [-0.3, -0.25) is 14.9 Å². The number of barbiturate groups is 1. The van der Waals surface area contributed by atoms with E-state index >= 15 is 0 Å². The minimum atomic E-state index is -0.838. The number of phenolic OH excluding ortho intramolecular Hbond substituents is 1. The van der Waals surface area contributed by atoms with E-state index in [9.17, 15) is 19.5 Å². The average molecular weight is 478 g/mol. The molecule has 0 spiro atoms. The van der Waals surface area contributed by atoms with Gasteiger partial charge >= 0.3 is 6.03 Å². The van der Waals surface area contributed by atoms with E-state index in [1.165, 1.54) is 12.1 Å². The van der Waals surface area contributed by atoms with E-state index in [1.54, 1.807) is 43.3 Å². The highest BCUT2D eigenvalue weighted by Gasteiger charge is 2.38. The Hall–Kier alpha value is -2.88. The van der Waals surface area contributed by atoms with Gasteiger partial charge in [-0.1, -0.05) is 18.2 Å². The maximum absolute atomic E-state index is 12.9. The number of rotatable bonds is 4. The fraction of sp³-hybridized carbons (Fsp3) is 0.105. The Balaban J connectivity index is 2.04. The Morgan fingerprint density at radius 3 is 2.63 bits per heavy atom. The molecule has 27 heavy (non-hydrogen) atoms. The molecule has 0 radical (unpaired) electrons. The van der Waals surface area contributed by atoms with Gasteiger partial charge in [0.15, 0.2) is 0 Å². The van der Waals surface area contributed by atoms with Crippen LogP contribution < -0.4 is 15.0 Å². The Labute approximate surface area is 168 Å². The highest BCUT2D eigenvalue weighted by Crippen LogP contribution is 2.31. The largest absolute Gasteiger partial charge is 0.507 e. The molecule has 1 heterocycles. The second-order valence-electron chi connectivity index (χ2n) is 5.57. The van der Waals surface area contributed by atoms with Crippen LogP contribution in [0.4, 0.5) is 10.5 Å². The lowest BCUT2D eigenvalue weighted by Gasteiger charge is -2.27. The number of nitrogens with zero attached hydrogens (tertiary/aromatic N) is 1. The van der Waals surface area contributed by atoms with Crippen molar-refractivity contribution >= 4 is 52.2 Å². The number of benzene rings is 2. The van der Waals surface area contributed by atoms with Crippen molar-refractivity contribution in [1.82, 2.24) is 5.32 Å². The normalized spacial score (nSPS) is 15.9. The number of anilines is 1. The van der Waals surface area contributed by atoms with Crippen LogP contribution in [-0.2, 0) is 9.59 Å². The summed E-state index contributed by atoms with van der Waals surface area (Å²) in [5.74, 6) is -1.08. The van der Waals surface area contributed by atoms with Crippen molar-refractivity contribution in [3.63, 3.8) is 0 Å². The number of para-hydroxylation sites is 2. The van der Waals surface area contributed by atoms with Gasteiger partial charge in [-0.2, -0.15) is 0 Å². The summed E-state index contributed by atoms with van der Waals surface area (Å²) in [4.78, 5) is 38.4. The zero-order valence-corrected chi connectivity index (χ0v) is 16.4. The Kier molecular flexibility index (Phi) is 5.45. The average Bonchev–Trinajstić information content (AvgIpc) is 2.63. The molecule has 2 N–H and O–H groups in total. The first-order valence-electron chi connectivity index (χ1n) is 8.04. The number of hydrogen-bond donors (Lipinski definition) is 2. The quantitative estimate of drug-likeness (QED) is 0.400. The number of aromatic hydroxyl groups is 1. The number of halogens is 1. The molecule has 4 amide bonds. The molecule has 0 saturated carbocycles. The van der Waals surface area contributed by atoms with E-state index in [0.717, 1.165) is 4.90 Å². The van der Waals surface area contributed by atoms with Gasteiger partial charge in [0.25, 0.3) is 11.8 Å². The lowest BCUT2D eigenvalue weighted by atomic mass is 10.1. The molecular formula is C19H15IN2O5. The van der Waals surface area contributed by atoms with Crippen molar-refractivity contribution in [1.29, 1.82) is 0 Å². The maximum Gasteiger partial charge on any atom is 0.336 e. The first-order chi connectivity index (χ1) is 12.9. The van der Waals surface area contributed by atoms with Crippen LogP contribution in [0.5, 0.6) is 11.5 Å². The van der Waals surface area contributed by atoms with Gasteiger partial charge in [-0.15, -0.1) is 0 Å². The molecule has 138 valence electrons. The second-order valence-corrected chi connectivity index (χ2v) is 6.73. The number of ether oxygens (including phenoxy) is 1. The Bertz CT molecular complexity index is 970. The molecule has 3 rings (SSSR count). The summed E-state index contributed by atoms with van der Waals surface area (Å²) in [6.45, 7) is 2.14. The summed E-state index contributed by atoms with van der Waals surface area (Å²) in [5, 5.41) is 11.8. The third-order valence-electron chi connectivity index (χ3n) is 3.79. The monoisotopic (exact) mass is 478 g/mol. The Morgan fingerprint density at radius 1 is 1.19 bits per heavy atom. The van der Waals surface area contributed by atoms with Crippen LogP contribution >= 0.6 is 22.6 Å². The fourth-order valence-electron chi connectivity index (χ4n) is 2.58. The van der Waals surface area contributed by atoms with E-state index in [1.807, 2.05) is 22.6 Å². The van der Waals surface area contributed by atoms with Crippen molar-refractivity contribution < 1.29 is 24.2 Å². The number of urea groups is 1. The molecule has 2 aromatic carbocycles. The molecule has 1 aliphatic heterocycles. The van der Waals surface area contributed by atoms with Gasteiger partial charge in [0.1, 0.15) is 17.1 Å². The van der Waals surface area contributed by atoms with E-state index < -0.39 is 17.8 Å². The molecule has 2 aromatic rings. The summed E-state index contributed by atoms with van der Waals surface area (Å²) in [7, 11) is 0. The fourth-order valence-corrected chi connectivity index (χ4v) is 3.11. The van der Waals surface area contributed by atoms with Crippen molar-refractivity contribution in [2.24, 2.45) is 0 Å². The van der Waals surface area contributed by atoms with Crippen LogP contribution in [0, 0.1) is 3.57 Å². The topological polar surface area (TPSA) is 95.9 Å². The molecule has 1 aliphatic rings. The van der Waals surface area contributed by atoms with Crippen LogP contribution in [0.2, 0.25) is 0 Å². The first-order valence-corrected chi connectivity index (χ1v) is 9.12. The van der Waals surface area contributed by atoms with Gasteiger partial charge in [0.2, 0.25) is 0 Å². The minimum absolute atomic E-state index is 0.0969. The number of phenols is 1. The van der Waals surface area contributed by atoms with E-state index in [0.29, 0.717) is 21.5 Å². The lowest BCUT2D eigenvalue weighted by molar-refractivity contribution is -0.122. The van der Waals surface area contributed by atoms with Crippen molar-refractivity contribution in [3.8, 4) is 11.5 Å². The number of imide groups is 2. The number of carbonyl (C=O) groups excluding carboxylic acids is 3. The molecule has 0 bridgehead atoms. The van der Waals surface area contributed by atoms with Gasteiger partial charge in [0.05, 0.1) is 15.9 Å².